The van der Waals surface area contributed by atoms with Crippen LogP contribution in [-0.4, -0.2) is 34.3 Å². The van der Waals surface area contributed by atoms with Crippen molar-refractivity contribution in [3.63, 3.8) is 0 Å². The van der Waals surface area contributed by atoms with E-state index in [1.807, 2.05) is 6.07 Å². The molecule has 1 amide bonds. The molecule has 0 radical (unpaired) electrons. The quantitative estimate of drug-likeness (QED) is 0.723. The number of nitrogens with one attached hydrogen (secondary N) is 1. The van der Waals surface area contributed by atoms with E-state index in [1.54, 1.807) is 19.2 Å². The van der Waals surface area contributed by atoms with Gasteiger partial charge in [0.15, 0.2) is 17.2 Å². The molecule has 0 spiro atoms. The van der Waals surface area contributed by atoms with Gasteiger partial charge in [-0.3, -0.25) is 9.59 Å². The first-order chi connectivity index (χ1) is 15.8. The fourth-order valence-corrected chi connectivity index (χ4v) is 3.99. The summed E-state index contributed by atoms with van der Waals surface area (Å²) in [6.45, 7) is 1.50. The van der Waals surface area contributed by atoms with Gasteiger partial charge in [-0.25, -0.2) is 0 Å². The number of benzene rings is 1. The number of aryl methyl sites for hydroxylation is 1. The maximum absolute atomic E-state index is 12.8. The van der Waals surface area contributed by atoms with E-state index in [0.29, 0.717) is 41.2 Å². The molecule has 3 rings (SSSR count). The van der Waals surface area contributed by atoms with Crippen LogP contribution in [0.2, 0.25) is 0 Å². The van der Waals surface area contributed by atoms with Crippen molar-refractivity contribution >= 4 is 5.91 Å². The zero-order valence-corrected chi connectivity index (χ0v) is 18.4. The Labute approximate surface area is 185 Å². The molecule has 0 fully saturated rings. The van der Waals surface area contributed by atoms with Gasteiger partial charge in [-0.15, -0.1) is 0 Å². The molecule has 7 nitrogen and oxygen atoms in total. The van der Waals surface area contributed by atoms with E-state index >= 15 is 0 Å². The molecule has 7 heteroatoms. The van der Waals surface area contributed by atoms with Crippen LogP contribution in [0.4, 0.5) is 0 Å². The van der Waals surface area contributed by atoms with E-state index in [1.165, 1.54) is 34.3 Å². The minimum Gasteiger partial charge on any atom is -0.493 e. The van der Waals surface area contributed by atoms with Gasteiger partial charge in [0.2, 0.25) is 17.1 Å². The van der Waals surface area contributed by atoms with Gasteiger partial charge < -0.3 is 24.3 Å². The third-order valence-electron chi connectivity index (χ3n) is 5.36. The number of carbonyl (C=O) groups is 1. The summed E-state index contributed by atoms with van der Waals surface area (Å²) < 4.78 is 37.8. The van der Waals surface area contributed by atoms with Crippen molar-refractivity contribution in [2.45, 2.75) is 38.6 Å². The van der Waals surface area contributed by atoms with Gasteiger partial charge in [0, 0.05) is 14.7 Å². The predicted molar refractivity (Wildman–Crippen MR) is 118 cm³/mol. The number of methoxy groups -OCH3 is 4. The Bertz CT molecular complexity index is 1110. The third-order valence-corrected chi connectivity index (χ3v) is 5.36. The lowest BCUT2D eigenvalue weighted by atomic mass is 9.95. The zero-order chi connectivity index (χ0) is 24.3. The molecule has 0 heterocycles. The van der Waals surface area contributed by atoms with Crippen LogP contribution in [0, 0.1) is 0 Å². The number of hydrogen-bond acceptors (Lipinski definition) is 6. The molecular weight excluding hydrogens is 398 g/mol. The molecule has 31 heavy (non-hydrogen) atoms. The first-order valence-electron chi connectivity index (χ1n) is 11.1. The number of fused-ring (bicyclic) bond motifs is 3. The molecule has 1 aliphatic carbocycles. The van der Waals surface area contributed by atoms with Crippen molar-refractivity contribution in [1.82, 2.24) is 5.32 Å². The van der Waals surface area contributed by atoms with Crippen molar-refractivity contribution in [2.24, 2.45) is 0 Å². The van der Waals surface area contributed by atoms with Gasteiger partial charge in [0.25, 0.3) is 0 Å². The summed E-state index contributed by atoms with van der Waals surface area (Å²) in [6.07, 6.45) is -1.12. The summed E-state index contributed by atoms with van der Waals surface area (Å²) in [7, 11) is 6.02. The largest absolute Gasteiger partial charge is 0.493 e. The van der Waals surface area contributed by atoms with E-state index in [9.17, 15) is 9.59 Å². The van der Waals surface area contributed by atoms with Gasteiger partial charge in [0.05, 0.1) is 34.5 Å². The number of ether oxygens (including phenoxy) is 4. The molecular formula is C24H29NO6. The maximum atomic E-state index is 12.8. The molecule has 1 aliphatic rings. The van der Waals surface area contributed by atoms with Crippen LogP contribution in [0.25, 0.3) is 11.1 Å². The van der Waals surface area contributed by atoms with Crippen molar-refractivity contribution < 1.29 is 26.5 Å². The van der Waals surface area contributed by atoms with E-state index in [-0.39, 0.29) is 11.2 Å². The number of hydrogen-bond donors (Lipinski definition) is 1. The second kappa shape index (κ2) is 9.73. The molecule has 2 aromatic carbocycles. The monoisotopic (exact) mass is 429 g/mol. The van der Waals surface area contributed by atoms with Crippen LogP contribution in [-0.2, 0) is 11.2 Å². The lowest BCUT2D eigenvalue weighted by Crippen LogP contribution is -2.28. The highest BCUT2D eigenvalue weighted by Gasteiger charge is 2.29. The Kier molecular flexibility index (Phi) is 6.19. The van der Waals surface area contributed by atoms with Crippen LogP contribution >= 0.6 is 0 Å². The molecule has 166 valence electrons. The average Bonchev–Trinajstić information content (AvgIpc) is 3.05. The summed E-state index contributed by atoms with van der Waals surface area (Å²) in [6, 6.07) is 6.11. The summed E-state index contributed by atoms with van der Waals surface area (Å²) in [5, 5.41) is 2.87. The van der Waals surface area contributed by atoms with Crippen LogP contribution in [0.15, 0.2) is 29.1 Å². The maximum Gasteiger partial charge on any atom is 0.220 e. The fraction of sp³-hybridized carbons (Fsp3) is 0.417. The molecule has 0 bridgehead atoms. The summed E-state index contributed by atoms with van der Waals surface area (Å²) in [5.41, 5.74) is 2.54. The minimum absolute atomic E-state index is 0.160. The number of carbonyl (C=O) groups excluding carboxylic acids is 1. The van der Waals surface area contributed by atoms with Gasteiger partial charge in [0.1, 0.15) is 0 Å². The average molecular weight is 430 g/mol. The molecule has 0 aliphatic heterocycles. The SMILES string of the molecule is [2H]C(C)C([2H])C(=O)N[C@H]1CCc2cc(OC)c(OC)c(OC)c2-c2ccc(OC)c(=O)cc21. The highest BCUT2D eigenvalue weighted by molar-refractivity contribution is 5.83. The molecule has 0 aromatic heterocycles. The highest BCUT2D eigenvalue weighted by atomic mass is 16.5. The first-order valence-corrected chi connectivity index (χ1v) is 9.96. The van der Waals surface area contributed by atoms with Crippen LogP contribution < -0.4 is 29.7 Å². The number of amides is 1. The van der Waals surface area contributed by atoms with Crippen LogP contribution in [0.5, 0.6) is 23.0 Å². The van der Waals surface area contributed by atoms with E-state index in [4.69, 9.17) is 21.7 Å². The standard InChI is InChI=1S/C24H29NO6/c1-6-7-21(27)25-17-10-8-14-12-20(29-3)23(30-4)24(31-5)22(14)15-9-11-19(28-2)18(26)13-16(15)17/h9,11-13,17H,6-8,10H2,1-5H3,(H,25,27)/t17-/m0/s1/i6D,7D/t6?,7?,17-. The fourth-order valence-electron chi connectivity index (χ4n) is 3.99. The zero-order valence-electron chi connectivity index (χ0n) is 20.4. The molecule has 2 aromatic rings. The van der Waals surface area contributed by atoms with E-state index in [0.717, 1.165) is 11.1 Å². The second-order valence-corrected chi connectivity index (χ2v) is 7.06. The molecule has 0 saturated carbocycles. The Morgan fingerprint density at radius 2 is 1.77 bits per heavy atom. The summed E-state index contributed by atoms with van der Waals surface area (Å²) in [5.74, 6) is 0.978. The predicted octanol–water partition coefficient (Wildman–Crippen LogP) is 3.65. The third kappa shape index (κ3) is 4.31. The smallest absolute Gasteiger partial charge is 0.220 e. The Hall–Kier alpha value is -3.22. The highest BCUT2D eigenvalue weighted by Crippen LogP contribution is 2.50. The van der Waals surface area contributed by atoms with Crippen molar-refractivity contribution in [3.05, 3.63) is 45.6 Å². The van der Waals surface area contributed by atoms with Gasteiger partial charge in [-0.05, 0) is 54.1 Å². The Balaban J connectivity index is 2.30. The topological polar surface area (TPSA) is 83.1 Å². The van der Waals surface area contributed by atoms with Gasteiger partial charge in [-0.2, -0.15) is 0 Å². The van der Waals surface area contributed by atoms with Gasteiger partial charge >= 0.3 is 0 Å². The van der Waals surface area contributed by atoms with E-state index in [2.05, 4.69) is 5.32 Å². The lowest BCUT2D eigenvalue weighted by Gasteiger charge is -2.20. The summed E-state index contributed by atoms with van der Waals surface area (Å²) >= 11 is 0. The molecule has 0 saturated heterocycles. The van der Waals surface area contributed by atoms with Crippen molar-refractivity contribution in [2.75, 3.05) is 28.4 Å². The van der Waals surface area contributed by atoms with Crippen molar-refractivity contribution in [1.29, 1.82) is 0 Å². The van der Waals surface area contributed by atoms with Gasteiger partial charge in [-0.1, -0.05) is 13.0 Å². The first kappa shape index (κ1) is 19.7. The molecule has 2 unspecified atom stereocenters. The second-order valence-electron chi connectivity index (χ2n) is 7.06. The molecule has 3 atom stereocenters. The lowest BCUT2D eigenvalue weighted by molar-refractivity contribution is -0.121. The normalized spacial score (nSPS) is 17.5. The van der Waals surface area contributed by atoms with E-state index < -0.39 is 24.7 Å². The number of rotatable bonds is 7. The summed E-state index contributed by atoms with van der Waals surface area (Å²) in [4.78, 5) is 25.5. The van der Waals surface area contributed by atoms with Crippen LogP contribution in [0.1, 0.15) is 46.0 Å². The minimum atomic E-state index is -1.24. The Morgan fingerprint density at radius 1 is 1.06 bits per heavy atom. The molecule has 1 N–H and O–H groups in total. The Morgan fingerprint density at radius 3 is 2.39 bits per heavy atom. The van der Waals surface area contributed by atoms with Crippen molar-refractivity contribution in [3.8, 4) is 34.1 Å². The van der Waals surface area contributed by atoms with Crippen LogP contribution in [0.3, 0.4) is 0 Å².